The summed E-state index contributed by atoms with van der Waals surface area (Å²) in [4.78, 5) is 13.9. The number of rotatable bonds is 10. The molecule has 25 heavy (non-hydrogen) atoms. The average Bonchev–Trinajstić information content (AvgIpc) is 3.11. The van der Waals surface area contributed by atoms with E-state index in [0.717, 1.165) is 17.9 Å². The average molecular weight is 352 g/mol. The number of carbonyl (C=O) groups excluding carboxylic acids is 1. The van der Waals surface area contributed by atoms with Crippen molar-refractivity contribution in [1.82, 2.24) is 10.2 Å². The summed E-state index contributed by atoms with van der Waals surface area (Å²) >= 11 is 0. The Hall–Kier alpha value is -1.83. The van der Waals surface area contributed by atoms with E-state index in [9.17, 15) is 9.90 Å². The number of nitrogens with zero attached hydrogens (tertiary/aromatic N) is 1. The van der Waals surface area contributed by atoms with Gasteiger partial charge in [-0.3, -0.25) is 9.69 Å². The second kappa shape index (κ2) is 9.60. The SMILES string of the molecule is CCOc1ccc(OCCNC(=O)CN(C)[C@]2(CO)CCOC2)cc1. The number of hydrogen-bond acceptors (Lipinski definition) is 6. The van der Waals surface area contributed by atoms with E-state index in [1.165, 1.54) is 0 Å². The Morgan fingerprint density at radius 2 is 2.00 bits per heavy atom. The van der Waals surface area contributed by atoms with Gasteiger partial charge in [-0.2, -0.15) is 0 Å². The van der Waals surface area contributed by atoms with E-state index in [0.29, 0.717) is 33.0 Å². The maximum absolute atomic E-state index is 12.0. The molecule has 2 rings (SSSR count). The lowest BCUT2D eigenvalue weighted by Crippen LogP contribution is -2.53. The van der Waals surface area contributed by atoms with Crippen LogP contribution in [0.25, 0.3) is 0 Å². The number of aliphatic hydroxyl groups is 1. The van der Waals surface area contributed by atoms with Crippen LogP contribution in [-0.2, 0) is 9.53 Å². The van der Waals surface area contributed by atoms with Crippen molar-refractivity contribution < 1.29 is 24.1 Å². The lowest BCUT2D eigenvalue weighted by molar-refractivity contribution is -0.124. The molecular formula is C18H28N2O5. The summed E-state index contributed by atoms with van der Waals surface area (Å²) in [6.07, 6.45) is 0.730. The van der Waals surface area contributed by atoms with Gasteiger partial charge in [0.25, 0.3) is 0 Å². The number of amides is 1. The monoisotopic (exact) mass is 352 g/mol. The van der Waals surface area contributed by atoms with Gasteiger partial charge in [0.15, 0.2) is 0 Å². The van der Waals surface area contributed by atoms with E-state index < -0.39 is 5.54 Å². The Bertz CT molecular complexity index is 529. The maximum Gasteiger partial charge on any atom is 0.234 e. The fourth-order valence-corrected chi connectivity index (χ4v) is 2.74. The Kier molecular flexibility index (Phi) is 7.49. The topological polar surface area (TPSA) is 80.3 Å². The van der Waals surface area contributed by atoms with E-state index in [2.05, 4.69) is 5.32 Å². The van der Waals surface area contributed by atoms with Crippen LogP contribution >= 0.6 is 0 Å². The van der Waals surface area contributed by atoms with Gasteiger partial charge in [-0.1, -0.05) is 0 Å². The minimum atomic E-state index is -0.448. The molecule has 0 aromatic heterocycles. The summed E-state index contributed by atoms with van der Waals surface area (Å²) in [5.41, 5.74) is -0.448. The van der Waals surface area contributed by atoms with Crippen LogP contribution in [0.1, 0.15) is 13.3 Å². The Labute approximate surface area is 148 Å². The van der Waals surface area contributed by atoms with Crippen LogP contribution in [0.5, 0.6) is 11.5 Å². The normalized spacial score (nSPS) is 19.8. The van der Waals surface area contributed by atoms with E-state index in [1.807, 2.05) is 43.1 Å². The zero-order valence-corrected chi connectivity index (χ0v) is 15.0. The quantitative estimate of drug-likeness (QED) is 0.603. The van der Waals surface area contributed by atoms with Gasteiger partial charge >= 0.3 is 0 Å². The summed E-state index contributed by atoms with van der Waals surface area (Å²) in [5, 5.41) is 12.4. The zero-order valence-electron chi connectivity index (χ0n) is 15.0. The highest BCUT2D eigenvalue weighted by Gasteiger charge is 2.38. The Morgan fingerprint density at radius 3 is 2.56 bits per heavy atom. The van der Waals surface area contributed by atoms with Crippen LogP contribution in [0.3, 0.4) is 0 Å². The molecule has 1 aromatic carbocycles. The number of hydrogen-bond donors (Lipinski definition) is 2. The summed E-state index contributed by atoms with van der Waals surface area (Å²) in [6.45, 7) is 4.64. The Balaban J connectivity index is 1.66. The molecule has 140 valence electrons. The number of ether oxygens (including phenoxy) is 3. The molecule has 0 saturated carbocycles. The summed E-state index contributed by atoms with van der Waals surface area (Å²) in [5.74, 6) is 1.44. The van der Waals surface area contributed by atoms with Gasteiger partial charge < -0.3 is 24.6 Å². The lowest BCUT2D eigenvalue weighted by atomic mass is 9.98. The first-order chi connectivity index (χ1) is 12.1. The lowest BCUT2D eigenvalue weighted by Gasteiger charge is -2.35. The van der Waals surface area contributed by atoms with E-state index >= 15 is 0 Å². The summed E-state index contributed by atoms with van der Waals surface area (Å²) in [7, 11) is 1.83. The highest BCUT2D eigenvalue weighted by molar-refractivity contribution is 5.78. The van der Waals surface area contributed by atoms with Gasteiger partial charge in [-0.05, 0) is 44.7 Å². The third kappa shape index (κ3) is 5.59. The molecule has 1 aromatic rings. The largest absolute Gasteiger partial charge is 0.494 e. The van der Waals surface area contributed by atoms with Gasteiger partial charge in [0.2, 0.25) is 5.91 Å². The number of carbonyl (C=O) groups is 1. The Morgan fingerprint density at radius 1 is 1.32 bits per heavy atom. The molecule has 0 radical (unpaired) electrons. The fraction of sp³-hybridized carbons (Fsp3) is 0.611. The molecule has 1 heterocycles. The maximum atomic E-state index is 12.0. The summed E-state index contributed by atoms with van der Waals surface area (Å²) in [6, 6.07) is 7.38. The molecule has 0 spiro atoms. The number of likely N-dealkylation sites (N-methyl/N-ethyl adjacent to an activating group) is 1. The molecule has 1 aliphatic rings. The molecule has 1 fully saturated rings. The van der Waals surface area contributed by atoms with Crippen molar-refractivity contribution in [3.05, 3.63) is 24.3 Å². The molecule has 1 saturated heterocycles. The van der Waals surface area contributed by atoms with Crippen molar-refractivity contribution in [2.45, 2.75) is 18.9 Å². The van der Waals surface area contributed by atoms with E-state index in [4.69, 9.17) is 14.2 Å². The molecule has 1 atom stereocenters. The van der Waals surface area contributed by atoms with Crippen molar-refractivity contribution in [3.63, 3.8) is 0 Å². The molecule has 2 N–H and O–H groups in total. The van der Waals surface area contributed by atoms with Crippen LogP contribution in [0.4, 0.5) is 0 Å². The molecule has 0 bridgehead atoms. The number of benzene rings is 1. The van der Waals surface area contributed by atoms with Gasteiger partial charge in [0.05, 0.1) is 38.4 Å². The van der Waals surface area contributed by atoms with Crippen LogP contribution in [0, 0.1) is 0 Å². The highest BCUT2D eigenvalue weighted by Crippen LogP contribution is 2.24. The van der Waals surface area contributed by atoms with Gasteiger partial charge in [0, 0.05) is 6.61 Å². The first-order valence-corrected chi connectivity index (χ1v) is 8.62. The van der Waals surface area contributed by atoms with Crippen molar-refractivity contribution in [3.8, 4) is 11.5 Å². The molecule has 1 amide bonds. The van der Waals surface area contributed by atoms with Crippen molar-refractivity contribution in [1.29, 1.82) is 0 Å². The molecule has 7 heteroatoms. The molecule has 1 aliphatic heterocycles. The van der Waals surface area contributed by atoms with E-state index in [-0.39, 0.29) is 19.1 Å². The standard InChI is InChI=1S/C18H28N2O5/c1-3-24-15-4-6-16(7-5-15)25-11-9-19-17(22)12-20(2)18(13-21)8-10-23-14-18/h4-7,21H,3,8-14H2,1-2H3,(H,19,22)/t18-/m0/s1. The second-order valence-corrected chi connectivity index (χ2v) is 6.14. The molecule has 0 aliphatic carbocycles. The first-order valence-electron chi connectivity index (χ1n) is 8.62. The summed E-state index contributed by atoms with van der Waals surface area (Å²) < 4.78 is 16.3. The predicted octanol–water partition coefficient (Wildman–Crippen LogP) is 0.664. The smallest absolute Gasteiger partial charge is 0.234 e. The zero-order chi connectivity index (χ0) is 18.1. The highest BCUT2D eigenvalue weighted by atomic mass is 16.5. The second-order valence-electron chi connectivity index (χ2n) is 6.14. The first kappa shape index (κ1) is 19.5. The van der Waals surface area contributed by atoms with Gasteiger partial charge in [-0.25, -0.2) is 0 Å². The van der Waals surface area contributed by atoms with Crippen molar-refractivity contribution in [2.24, 2.45) is 0 Å². The minimum absolute atomic E-state index is 0.0162. The fourth-order valence-electron chi connectivity index (χ4n) is 2.74. The van der Waals surface area contributed by atoms with Crippen molar-refractivity contribution in [2.75, 3.05) is 53.2 Å². The number of nitrogens with one attached hydrogen (secondary N) is 1. The van der Waals surface area contributed by atoms with E-state index in [1.54, 1.807) is 0 Å². The predicted molar refractivity (Wildman–Crippen MR) is 94.0 cm³/mol. The van der Waals surface area contributed by atoms with Gasteiger partial charge in [0.1, 0.15) is 18.1 Å². The molecule has 0 unspecified atom stereocenters. The van der Waals surface area contributed by atoms with Crippen LogP contribution in [0.2, 0.25) is 0 Å². The minimum Gasteiger partial charge on any atom is -0.494 e. The third-order valence-corrected chi connectivity index (χ3v) is 4.40. The van der Waals surface area contributed by atoms with Gasteiger partial charge in [-0.15, -0.1) is 0 Å². The third-order valence-electron chi connectivity index (χ3n) is 4.40. The molecular weight excluding hydrogens is 324 g/mol. The van der Waals surface area contributed by atoms with Crippen LogP contribution < -0.4 is 14.8 Å². The van der Waals surface area contributed by atoms with Crippen LogP contribution in [-0.4, -0.2) is 74.6 Å². The number of aliphatic hydroxyl groups excluding tert-OH is 1. The molecule has 7 nitrogen and oxygen atoms in total. The van der Waals surface area contributed by atoms with Crippen molar-refractivity contribution >= 4 is 5.91 Å². The van der Waals surface area contributed by atoms with Crippen LogP contribution in [0.15, 0.2) is 24.3 Å².